The third kappa shape index (κ3) is 6.96. The Morgan fingerprint density at radius 2 is 1.88 bits per heavy atom. The minimum atomic E-state index is -0.358. The van der Waals surface area contributed by atoms with Crippen molar-refractivity contribution < 1.29 is 9.53 Å². The van der Waals surface area contributed by atoms with Gasteiger partial charge in [0.1, 0.15) is 6.10 Å². The van der Waals surface area contributed by atoms with E-state index in [-0.39, 0.29) is 17.6 Å². The normalized spacial score (nSPS) is 18.5. The van der Waals surface area contributed by atoms with Crippen LogP contribution in [0.4, 0.5) is 10.5 Å². The fraction of sp³-hybridized carbons (Fsp3) is 0.500. The zero-order chi connectivity index (χ0) is 29.4. The van der Waals surface area contributed by atoms with Gasteiger partial charge >= 0.3 is 6.09 Å². The largest absolute Gasteiger partial charge is 0.446 e. The molecule has 8 nitrogen and oxygen atoms in total. The number of imidazole rings is 1. The van der Waals surface area contributed by atoms with E-state index in [9.17, 15) is 4.79 Å². The molecule has 1 N–H and O–H groups in total. The summed E-state index contributed by atoms with van der Waals surface area (Å²) in [4.78, 5) is 21.8. The number of anilines is 1. The monoisotopic (exact) mass is 568 g/mol. The highest BCUT2D eigenvalue weighted by molar-refractivity contribution is 5.66. The van der Waals surface area contributed by atoms with Gasteiger partial charge in [-0.25, -0.2) is 9.78 Å². The molecule has 1 aromatic heterocycles. The number of rotatable bonds is 12. The van der Waals surface area contributed by atoms with E-state index in [4.69, 9.17) is 10.00 Å². The first-order valence-electron chi connectivity index (χ1n) is 15.4. The van der Waals surface area contributed by atoms with Gasteiger partial charge in [0.05, 0.1) is 18.0 Å². The number of nitriles is 1. The number of amides is 1. The van der Waals surface area contributed by atoms with Gasteiger partial charge in [0.2, 0.25) is 0 Å². The van der Waals surface area contributed by atoms with E-state index in [2.05, 4.69) is 86.3 Å². The zero-order valence-corrected chi connectivity index (χ0v) is 25.0. The van der Waals surface area contributed by atoms with Crippen molar-refractivity contribution in [1.82, 2.24) is 19.8 Å². The van der Waals surface area contributed by atoms with Crippen LogP contribution in [0.2, 0.25) is 0 Å². The fourth-order valence-electron chi connectivity index (χ4n) is 7.10. The molecule has 3 heterocycles. The van der Waals surface area contributed by atoms with Gasteiger partial charge in [0.15, 0.2) is 0 Å². The van der Waals surface area contributed by atoms with E-state index in [1.54, 1.807) is 7.05 Å². The number of aromatic nitrogens is 2. The molecule has 8 heteroatoms. The second-order valence-electron chi connectivity index (χ2n) is 12.0. The van der Waals surface area contributed by atoms with Gasteiger partial charge < -0.3 is 24.4 Å². The minimum absolute atomic E-state index is 0.167. The number of likely N-dealkylation sites (tertiary alicyclic amines) is 1. The van der Waals surface area contributed by atoms with Crippen molar-refractivity contribution in [2.24, 2.45) is 11.8 Å². The van der Waals surface area contributed by atoms with Crippen LogP contribution in [0.1, 0.15) is 50.2 Å². The Hall–Kier alpha value is -3.83. The molecule has 1 amide bonds. The average Bonchev–Trinajstić information content (AvgIpc) is 3.52. The maximum Gasteiger partial charge on any atom is 0.407 e. The number of alkyl carbamates (subject to hydrolysis) is 1. The van der Waals surface area contributed by atoms with Crippen molar-refractivity contribution in [2.75, 3.05) is 44.7 Å². The number of hydrogen-bond donors (Lipinski definition) is 1. The fourth-order valence-corrected chi connectivity index (χ4v) is 7.10. The highest BCUT2D eigenvalue weighted by Gasteiger charge is 2.44. The van der Waals surface area contributed by atoms with Crippen molar-refractivity contribution in [2.45, 2.75) is 57.1 Å². The molecule has 2 aliphatic rings. The molecule has 2 aliphatic heterocycles. The second-order valence-corrected chi connectivity index (χ2v) is 12.0. The lowest BCUT2D eigenvalue weighted by Crippen LogP contribution is -2.54. The predicted molar refractivity (Wildman–Crippen MR) is 165 cm³/mol. The first kappa shape index (κ1) is 29.7. The molecule has 5 rings (SSSR count). The Balaban J connectivity index is 1.29. The molecule has 42 heavy (non-hydrogen) atoms. The van der Waals surface area contributed by atoms with Crippen LogP contribution in [-0.4, -0.2) is 66.4 Å². The number of benzene rings is 2. The number of piperidine rings is 1. The van der Waals surface area contributed by atoms with Gasteiger partial charge in [-0.05, 0) is 74.5 Å². The smallest absolute Gasteiger partial charge is 0.407 e. The van der Waals surface area contributed by atoms with E-state index in [1.807, 2.05) is 24.7 Å². The summed E-state index contributed by atoms with van der Waals surface area (Å²) in [5.74, 6) is 1.11. The molecule has 0 aliphatic carbocycles. The molecule has 2 saturated heterocycles. The van der Waals surface area contributed by atoms with Gasteiger partial charge in [0, 0.05) is 62.6 Å². The lowest BCUT2D eigenvalue weighted by Gasteiger charge is -2.48. The van der Waals surface area contributed by atoms with Crippen LogP contribution in [0.15, 0.2) is 73.3 Å². The van der Waals surface area contributed by atoms with Crippen molar-refractivity contribution in [3.63, 3.8) is 0 Å². The average molecular weight is 569 g/mol. The van der Waals surface area contributed by atoms with Gasteiger partial charge in [-0.3, -0.25) is 0 Å². The topological polar surface area (TPSA) is 86.4 Å². The van der Waals surface area contributed by atoms with E-state index < -0.39 is 0 Å². The molecule has 2 aromatic carbocycles. The Bertz CT molecular complexity index is 1290. The SMILES string of the molecule is CCCC(CC(Cn1ccnc1)(c1ccccc1)C1CCN(CC2CN(c3ccc(C#N)cc3)C2)CC1)OC(=O)NC. The minimum Gasteiger partial charge on any atom is -0.446 e. The summed E-state index contributed by atoms with van der Waals surface area (Å²) in [6.07, 6.45) is 10.1. The molecular formula is C34H44N6O2. The maximum atomic E-state index is 12.4. The van der Waals surface area contributed by atoms with Crippen LogP contribution in [0.3, 0.4) is 0 Å². The quantitative estimate of drug-likeness (QED) is 0.313. The van der Waals surface area contributed by atoms with Crippen LogP contribution in [-0.2, 0) is 16.7 Å². The van der Waals surface area contributed by atoms with Gasteiger partial charge in [0.25, 0.3) is 0 Å². The number of nitrogens with zero attached hydrogens (tertiary/aromatic N) is 5. The summed E-state index contributed by atoms with van der Waals surface area (Å²) in [5.41, 5.74) is 3.04. The molecule has 0 bridgehead atoms. The third-order valence-electron chi connectivity index (χ3n) is 9.26. The molecule has 2 unspecified atom stereocenters. The van der Waals surface area contributed by atoms with Gasteiger partial charge in [-0.15, -0.1) is 0 Å². The summed E-state index contributed by atoms with van der Waals surface area (Å²) < 4.78 is 8.18. The highest BCUT2D eigenvalue weighted by atomic mass is 16.6. The molecule has 2 fully saturated rings. The number of nitrogens with one attached hydrogen (secondary N) is 1. The first-order valence-corrected chi connectivity index (χ1v) is 15.4. The molecular weight excluding hydrogens is 524 g/mol. The maximum absolute atomic E-state index is 12.4. The Kier molecular flexibility index (Phi) is 9.81. The van der Waals surface area contributed by atoms with E-state index >= 15 is 0 Å². The molecule has 0 saturated carbocycles. The molecule has 222 valence electrons. The van der Waals surface area contributed by atoms with Crippen LogP contribution in [0.25, 0.3) is 0 Å². The summed E-state index contributed by atoms with van der Waals surface area (Å²) in [5, 5.41) is 11.7. The standard InChI is InChI=1S/C34H44N6O2/c1-3-7-32(42-33(41)36-2)20-34(25-39-19-16-37-26-39,29-8-5-4-6-9-29)30-14-17-38(18-15-30)22-28-23-40(24-28)31-12-10-27(21-35)11-13-31/h4-6,8-13,16,19,26,28,30,32H,3,7,14-15,17-18,20,22-25H2,1-2H3,(H,36,41). The summed E-state index contributed by atoms with van der Waals surface area (Å²) in [7, 11) is 1.63. The summed E-state index contributed by atoms with van der Waals surface area (Å²) in [6.45, 7) is 8.36. The van der Waals surface area contributed by atoms with Crippen molar-refractivity contribution in [1.29, 1.82) is 5.26 Å². The Morgan fingerprint density at radius 1 is 1.14 bits per heavy atom. The Labute approximate surface area is 250 Å². The van der Waals surface area contributed by atoms with Gasteiger partial charge in [-0.2, -0.15) is 5.26 Å². The molecule has 0 radical (unpaired) electrons. The van der Waals surface area contributed by atoms with Crippen molar-refractivity contribution in [3.8, 4) is 6.07 Å². The second kappa shape index (κ2) is 13.9. The number of carbonyl (C=O) groups excluding carboxylic acids is 1. The lowest BCUT2D eigenvalue weighted by molar-refractivity contribution is 0.0359. The first-order chi connectivity index (χ1) is 20.5. The summed E-state index contributed by atoms with van der Waals surface area (Å²) in [6, 6.07) is 21.0. The van der Waals surface area contributed by atoms with Gasteiger partial charge in [-0.1, -0.05) is 43.7 Å². The Morgan fingerprint density at radius 3 is 2.50 bits per heavy atom. The number of carbonyl (C=O) groups is 1. The number of hydrogen-bond acceptors (Lipinski definition) is 6. The molecule has 0 spiro atoms. The zero-order valence-electron chi connectivity index (χ0n) is 25.0. The van der Waals surface area contributed by atoms with Crippen molar-refractivity contribution >= 4 is 11.8 Å². The van der Waals surface area contributed by atoms with Crippen LogP contribution in [0.5, 0.6) is 0 Å². The van der Waals surface area contributed by atoms with Crippen LogP contribution >= 0.6 is 0 Å². The lowest BCUT2D eigenvalue weighted by atomic mass is 9.63. The highest BCUT2D eigenvalue weighted by Crippen LogP contribution is 2.45. The van der Waals surface area contributed by atoms with E-state index in [1.165, 1.54) is 11.3 Å². The van der Waals surface area contributed by atoms with E-state index in [0.29, 0.717) is 17.4 Å². The molecule has 2 atom stereocenters. The van der Waals surface area contributed by atoms with E-state index in [0.717, 1.165) is 71.4 Å². The number of ether oxygens (including phenoxy) is 1. The molecule has 3 aromatic rings. The van der Waals surface area contributed by atoms with Crippen LogP contribution < -0.4 is 10.2 Å². The third-order valence-corrected chi connectivity index (χ3v) is 9.26. The van der Waals surface area contributed by atoms with Crippen molar-refractivity contribution in [3.05, 3.63) is 84.4 Å². The van der Waals surface area contributed by atoms with Crippen LogP contribution in [0, 0.1) is 23.2 Å². The predicted octanol–water partition coefficient (Wildman–Crippen LogP) is 5.46. The summed E-state index contributed by atoms with van der Waals surface area (Å²) >= 11 is 0.